The van der Waals surface area contributed by atoms with E-state index in [1.54, 1.807) is 6.07 Å². The maximum atomic E-state index is 12.8. The van der Waals surface area contributed by atoms with Crippen molar-refractivity contribution in [2.24, 2.45) is 11.8 Å². The second-order valence-corrected chi connectivity index (χ2v) is 7.11. The number of ether oxygens (including phenoxy) is 3. The van der Waals surface area contributed by atoms with E-state index < -0.39 is 5.97 Å². The second kappa shape index (κ2) is 8.50. The summed E-state index contributed by atoms with van der Waals surface area (Å²) in [5.41, 5.74) is 0.501. The molecule has 0 atom stereocenters. The van der Waals surface area contributed by atoms with Crippen molar-refractivity contribution in [2.45, 2.75) is 25.7 Å². The normalized spacial score (nSPS) is 17.0. The molecular formula is C20H26N2O6. The molecule has 2 amide bonds. The Morgan fingerprint density at radius 1 is 0.929 bits per heavy atom. The van der Waals surface area contributed by atoms with Crippen molar-refractivity contribution in [2.75, 3.05) is 39.7 Å². The number of likely N-dealkylation sites (tertiary alicyclic amines) is 1. The molecule has 0 radical (unpaired) electrons. The third-order valence-corrected chi connectivity index (χ3v) is 5.29. The van der Waals surface area contributed by atoms with Crippen molar-refractivity contribution in [1.82, 2.24) is 4.90 Å². The van der Waals surface area contributed by atoms with Gasteiger partial charge in [-0.25, -0.2) is 4.79 Å². The van der Waals surface area contributed by atoms with Gasteiger partial charge in [0.1, 0.15) is 0 Å². The molecule has 1 saturated heterocycles. The van der Waals surface area contributed by atoms with Crippen LogP contribution in [0.5, 0.6) is 11.5 Å². The SMILES string of the molecule is COC(=O)c1cc(OC)c(OC)cc1NC(=O)C1CCN(C(=O)C2CC2)CC1. The smallest absolute Gasteiger partial charge is 0.340 e. The molecule has 1 aliphatic carbocycles. The minimum Gasteiger partial charge on any atom is -0.493 e. The summed E-state index contributed by atoms with van der Waals surface area (Å²) in [6.45, 7) is 1.17. The first kappa shape index (κ1) is 20.0. The Morgan fingerprint density at radius 3 is 2.07 bits per heavy atom. The zero-order valence-electron chi connectivity index (χ0n) is 16.4. The van der Waals surface area contributed by atoms with Gasteiger partial charge in [0.2, 0.25) is 11.8 Å². The van der Waals surface area contributed by atoms with Gasteiger partial charge in [0.25, 0.3) is 0 Å². The largest absolute Gasteiger partial charge is 0.493 e. The highest BCUT2D eigenvalue weighted by Crippen LogP contribution is 2.35. The quantitative estimate of drug-likeness (QED) is 0.748. The zero-order chi connectivity index (χ0) is 20.3. The molecule has 0 unspecified atom stereocenters. The Morgan fingerprint density at radius 2 is 1.54 bits per heavy atom. The molecule has 1 saturated carbocycles. The lowest BCUT2D eigenvalue weighted by molar-refractivity contribution is -0.135. The van der Waals surface area contributed by atoms with Gasteiger partial charge in [0.15, 0.2) is 11.5 Å². The summed E-state index contributed by atoms with van der Waals surface area (Å²) < 4.78 is 15.3. The van der Waals surface area contributed by atoms with E-state index in [0.29, 0.717) is 43.1 Å². The molecule has 8 heteroatoms. The molecule has 1 aromatic rings. The fraction of sp³-hybridized carbons (Fsp3) is 0.550. The van der Waals surface area contributed by atoms with E-state index in [0.717, 1.165) is 12.8 Å². The Kier molecular flexibility index (Phi) is 6.06. The molecule has 152 valence electrons. The summed E-state index contributed by atoms with van der Waals surface area (Å²) >= 11 is 0. The fourth-order valence-corrected chi connectivity index (χ4v) is 3.45. The van der Waals surface area contributed by atoms with Crippen LogP contribution in [-0.2, 0) is 14.3 Å². The minimum absolute atomic E-state index is 0.184. The molecule has 1 N–H and O–H groups in total. The highest BCUT2D eigenvalue weighted by molar-refractivity contribution is 6.02. The minimum atomic E-state index is -0.582. The van der Waals surface area contributed by atoms with Gasteiger partial charge in [-0.3, -0.25) is 9.59 Å². The number of esters is 1. The van der Waals surface area contributed by atoms with Crippen LogP contribution >= 0.6 is 0 Å². The molecule has 8 nitrogen and oxygen atoms in total. The standard InChI is InChI=1S/C20H26N2O6/c1-26-16-10-14(20(25)28-3)15(11-17(16)27-2)21-18(23)12-6-8-22(9-7-12)19(24)13-4-5-13/h10-13H,4-9H2,1-3H3,(H,21,23). The molecule has 2 fully saturated rings. The summed E-state index contributed by atoms with van der Waals surface area (Å²) in [7, 11) is 4.22. The van der Waals surface area contributed by atoms with Crippen LogP contribution in [0.1, 0.15) is 36.0 Å². The number of carbonyl (C=O) groups is 3. The Bertz CT molecular complexity index is 766. The Hall–Kier alpha value is -2.77. The molecule has 1 aromatic carbocycles. The third kappa shape index (κ3) is 4.21. The van der Waals surface area contributed by atoms with Gasteiger partial charge in [0.05, 0.1) is 32.6 Å². The molecule has 1 heterocycles. The number of methoxy groups -OCH3 is 3. The zero-order valence-corrected chi connectivity index (χ0v) is 16.4. The number of carbonyl (C=O) groups excluding carboxylic acids is 3. The molecular weight excluding hydrogens is 364 g/mol. The van der Waals surface area contributed by atoms with Gasteiger partial charge in [-0.1, -0.05) is 0 Å². The molecule has 1 aliphatic heterocycles. The van der Waals surface area contributed by atoms with E-state index in [1.807, 2.05) is 4.90 Å². The number of benzene rings is 1. The Balaban J connectivity index is 1.70. The van der Waals surface area contributed by atoms with Crippen molar-refractivity contribution >= 4 is 23.5 Å². The summed E-state index contributed by atoms with van der Waals surface area (Å²) in [6.07, 6.45) is 3.17. The van der Waals surface area contributed by atoms with Crippen LogP contribution in [0.4, 0.5) is 5.69 Å². The molecule has 0 aromatic heterocycles. The van der Waals surface area contributed by atoms with E-state index in [-0.39, 0.29) is 29.2 Å². The van der Waals surface area contributed by atoms with Crippen LogP contribution in [0, 0.1) is 11.8 Å². The molecule has 0 spiro atoms. The topological polar surface area (TPSA) is 94.2 Å². The van der Waals surface area contributed by atoms with E-state index in [4.69, 9.17) is 14.2 Å². The number of rotatable bonds is 6. The third-order valence-electron chi connectivity index (χ3n) is 5.29. The first-order valence-corrected chi connectivity index (χ1v) is 9.42. The average Bonchev–Trinajstić information content (AvgIpc) is 3.57. The number of hydrogen-bond acceptors (Lipinski definition) is 6. The van der Waals surface area contributed by atoms with Crippen molar-refractivity contribution in [1.29, 1.82) is 0 Å². The van der Waals surface area contributed by atoms with Crippen molar-refractivity contribution in [3.63, 3.8) is 0 Å². The van der Waals surface area contributed by atoms with Crippen LogP contribution in [0.3, 0.4) is 0 Å². The second-order valence-electron chi connectivity index (χ2n) is 7.11. The van der Waals surface area contributed by atoms with E-state index in [1.165, 1.54) is 27.4 Å². The number of amides is 2. The molecule has 2 aliphatic rings. The summed E-state index contributed by atoms with van der Waals surface area (Å²) in [4.78, 5) is 38.9. The van der Waals surface area contributed by atoms with E-state index in [9.17, 15) is 14.4 Å². The molecule has 0 bridgehead atoms. The van der Waals surface area contributed by atoms with Gasteiger partial charge in [-0.2, -0.15) is 0 Å². The first-order valence-electron chi connectivity index (χ1n) is 9.42. The number of anilines is 1. The number of nitrogens with one attached hydrogen (secondary N) is 1. The van der Waals surface area contributed by atoms with Gasteiger partial charge in [-0.05, 0) is 25.7 Å². The monoisotopic (exact) mass is 390 g/mol. The summed E-state index contributed by atoms with van der Waals surface area (Å²) in [5.74, 6) is 0.188. The number of nitrogens with zero attached hydrogens (tertiary/aromatic N) is 1. The van der Waals surface area contributed by atoms with Crippen LogP contribution in [-0.4, -0.2) is 57.1 Å². The predicted molar refractivity (Wildman–Crippen MR) is 102 cm³/mol. The first-order chi connectivity index (χ1) is 13.5. The van der Waals surface area contributed by atoms with Gasteiger partial charge in [0, 0.05) is 37.1 Å². The lowest BCUT2D eigenvalue weighted by Crippen LogP contribution is -2.42. The highest BCUT2D eigenvalue weighted by atomic mass is 16.5. The van der Waals surface area contributed by atoms with Crippen LogP contribution < -0.4 is 14.8 Å². The highest BCUT2D eigenvalue weighted by Gasteiger charge is 2.36. The lowest BCUT2D eigenvalue weighted by Gasteiger charge is -2.31. The van der Waals surface area contributed by atoms with Crippen molar-refractivity contribution < 1.29 is 28.6 Å². The number of piperidine rings is 1. The van der Waals surface area contributed by atoms with Gasteiger partial charge >= 0.3 is 5.97 Å². The summed E-state index contributed by atoms with van der Waals surface area (Å²) in [6, 6.07) is 3.03. The fourth-order valence-electron chi connectivity index (χ4n) is 3.45. The summed E-state index contributed by atoms with van der Waals surface area (Å²) in [5, 5.41) is 2.82. The lowest BCUT2D eigenvalue weighted by atomic mass is 9.95. The van der Waals surface area contributed by atoms with Crippen LogP contribution in [0.25, 0.3) is 0 Å². The van der Waals surface area contributed by atoms with E-state index in [2.05, 4.69) is 5.32 Å². The predicted octanol–water partition coefficient (Wildman–Crippen LogP) is 2.08. The number of hydrogen-bond donors (Lipinski definition) is 1. The van der Waals surface area contributed by atoms with Gasteiger partial charge in [-0.15, -0.1) is 0 Å². The van der Waals surface area contributed by atoms with Crippen LogP contribution in [0.2, 0.25) is 0 Å². The Labute approximate surface area is 164 Å². The molecule has 28 heavy (non-hydrogen) atoms. The van der Waals surface area contributed by atoms with Crippen LogP contribution in [0.15, 0.2) is 12.1 Å². The molecule has 3 rings (SSSR count). The maximum Gasteiger partial charge on any atom is 0.340 e. The van der Waals surface area contributed by atoms with E-state index >= 15 is 0 Å². The average molecular weight is 390 g/mol. The maximum absolute atomic E-state index is 12.8. The van der Waals surface area contributed by atoms with Gasteiger partial charge < -0.3 is 24.4 Å². The van der Waals surface area contributed by atoms with Crippen molar-refractivity contribution in [3.8, 4) is 11.5 Å². The van der Waals surface area contributed by atoms with Crippen molar-refractivity contribution in [3.05, 3.63) is 17.7 Å².